The van der Waals surface area contributed by atoms with E-state index in [2.05, 4.69) is 15.0 Å². The van der Waals surface area contributed by atoms with Gasteiger partial charge in [0.1, 0.15) is 6.54 Å². The highest BCUT2D eigenvalue weighted by atomic mass is 32.1. The fourth-order valence-electron chi connectivity index (χ4n) is 4.40. The van der Waals surface area contributed by atoms with Crippen LogP contribution in [0, 0.1) is 6.92 Å². The van der Waals surface area contributed by atoms with E-state index < -0.39 is 0 Å². The molecule has 0 aliphatic carbocycles. The van der Waals surface area contributed by atoms with Crippen LogP contribution >= 0.6 is 11.3 Å². The standard InChI is InChI=1S/C20H29N5O2S/c1-3-16-21-18-19(28-16)14(2)22-25(20(18)27)13-17(26)24-11-7-15(8-12-24)23-9-5-4-6-10-23/h15H,3-13H2,1-2H3. The van der Waals surface area contributed by atoms with Crippen LogP contribution in [0.2, 0.25) is 0 Å². The molecule has 1 amide bonds. The highest BCUT2D eigenvalue weighted by molar-refractivity contribution is 7.18. The average Bonchev–Trinajstić information content (AvgIpc) is 3.18. The molecule has 0 radical (unpaired) electrons. The number of piperidine rings is 2. The number of nitrogens with zero attached hydrogens (tertiary/aromatic N) is 5. The lowest BCUT2D eigenvalue weighted by molar-refractivity contribution is -0.133. The van der Waals surface area contributed by atoms with Crippen molar-refractivity contribution in [3.05, 3.63) is 21.1 Å². The van der Waals surface area contributed by atoms with E-state index >= 15 is 0 Å². The van der Waals surface area contributed by atoms with E-state index in [1.165, 1.54) is 48.4 Å². The van der Waals surface area contributed by atoms with Gasteiger partial charge in [0.05, 0.1) is 15.4 Å². The maximum absolute atomic E-state index is 12.8. The highest BCUT2D eigenvalue weighted by Crippen LogP contribution is 2.23. The Hall–Kier alpha value is -1.80. The number of carbonyl (C=O) groups is 1. The number of likely N-dealkylation sites (tertiary alicyclic amines) is 2. The first-order chi connectivity index (χ1) is 13.6. The molecule has 0 bridgehead atoms. The molecule has 2 aliphatic rings. The van der Waals surface area contributed by atoms with Crippen molar-refractivity contribution in [1.82, 2.24) is 24.6 Å². The number of hydrogen-bond acceptors (Lipinski definition) is 6. The van der Waals surface area contributed by atoms with Crippen LogP contribution in [0.15, 0.2) is 4.79 Å². The van der Waals surface area contributed by atoms with E-state index in [0.29, 0.717) is 11.6 Å². The van der Waals surface area contributed by atoms with Crippen LogP contribution < -0.4 is 5.56 Å². The summed E-state index contributed by atoms with van der Waals surface area (Å²) in [5.41, 5.74) is 0.961. The Balaban J connectivity index is 1.43. The van der Waals surface area contributed by atoms with Crippen LogP contribution in [0.1, 0.15) is 49.7 Å². The van der Waals surface area contributed by atoms with Crippen molar-refractivity contribution >= 4 is 27.5 Å². The highest BCUT2D eigenvalue weighted by Gasteiger charge is 2.28. The second-order valence-corrected chi connectivity index (χ2v) is 8.98. The third-order valence-corrected chi connectivity index (χ3v) is 7.33. The monoisotopic (exact) mass is 403 g/mol. The van der Waals surface area contributed by atoms with Crippen molar-refractivity contribution < 1.29 is 4.79 Å². The van der Waals surface area contributed by atoms with Crippen LogP contribution in [0.5, 0.6) is 0 Å². The summed E-state index contributed by atoms with van der Waals surface area (Å²) in [5, 5.41) is 5.32. The van der Waals surface area contributed by atoms with Gasteiger partial charge in [0, 0.05) is 19.1 Å². The molecule has 2 saturated heterocycles. The molecule has 0 aromatic carbocycles. The van der Waals surface area contributed by atoms with E-state index in [0.717, 1.165) is 47.8 Å². The third kappa shape index (κ3) is 3.85. The van der Waals surface area contributed by atoms with E-state index in [-0.39, 0.29) is 18.0 Å². The molecule has 0 saturated carbocycles. The van der Waals surface area contributed by atoms with E-state index in [9.17, 15) is 9.59 Å². The number of amides is 1. The largest absolute Gasteiger partial charge is 0.341 e. The number of hydrogen-bond donors (Lipinski definition) is 0. The molecule has 8 heteroatoms. The minimum Gasteiger partial charge on any atom is -0.341 e. The van der Waals surface area contributed by atoms with Crippen LogP contribution in [0.4, 0.5) is 0 Å². The number of aryl methyl sites for hydroxylation is 2. The zero-order valence-corrected chi connectivity index (χ0v) is 17.6. The first-order valence-electron chi connectivity index (χ1n) is 10.5. The maximum Gasteiger partial charge on any atom is 0.294 e. The summed E-state index contributed by atoms with van der Waals surface area (Å²) in [6.07, 6.45) is 6.79. The van der Waals surface area contributed by atoms with Crippen LogP contribution in [-0.4, -0.2) is 62.7 Å². The summed E-state index contributed by atoms with van der Waals surface area (Å²) in [4.78, 5) is 34.5. The third-order valence-electron chi connectivity index (χ3n) is 6.02. The van der Waals surface area contributed by atoms with Crippen molar-refractivity contribution in [1.29, 1.82) is 0 Å². The molecule has 4 heterocycles. The fraction of sp³-hybridized carbons (Fsp3) is 0.700. The number of fused-ring (bicyclic) bond motifs is 1. The average molecular weight is 404 g/mol. The molecule has 152 valence electrons. The fourth-order valence-corrected chi connectivity index (χ4v) is 5.33. The lowest BCUT2D eigenvalue weighted by Gasteiger charge is -2.40. The Morgan fingerprint density at radius 3 is 2.54 bits per heavy atom. The maximum atomic E-state index is 12.8. The Bertz CT molecular complexity index is 907. The Morgan fingerprint density at radius 2 is 1.86 bits per heavy atom. The number of aromatic nitrogens is 3. The topological polar surface area (TPSA) is 71.3 Å². The van der Waals surface area contributed by atoms with E-state index in [1.807, 2.05) is 18.7 Å². The molecule has 0 N–H and O–H groups in total. The summed E-state index contributed by atoms with van der Waals surface area (Å²) in [6, 6.07) is 0.603. The Labute approximate surface area is 169 Å². The molecule has 28 heavy (non-hydrogen) atoms. The minimum absolute atomic E-state index is 0.00296. The zero-order chi connectivity index (χ0) is 19.7. The van der Waals surface area contributed by atoms with Crippen LogP contribution in [0.3, 0.4) is 0 Å². The van der Waals surface area contributed by atoms with Gasteiger partial charge in [0.2, 0.25) is 5.91 Å². The molecule has 4 rings (SSSR count). The van der Waals surface area contributed by atoms with Crippen molar-refractivity contribution in [2.75, 3.05) is 26.2 Å². The second kappa shape index (κ2) is 8.29. The van der Waals surface area contributed by atoms with Gasteiger partial charge in [-0.05, 0) is 52.1 Å². The molecule has 2 aromatic rings. The van der Waals surface area contributed by atoms with Gasteiger partial charge < -0.3 is 9.80 Å². The van der Waals surface area contributed by atoms with Gasteiger partial charge in [-0.25, -0.2) is 9.67 Å². The van der Waals surface area contributed by atoms with Gasteiger partial charge in [-0.1, -0.05) is 13.3 Å². The Kier molecular flexibility index (Phi) is 5.78. The number of rotatable bonds is 4. The summed E-state index contributed by atoms with van der Waals surface area (Å²) >= 11 is 1.52. The molecule has 2 fully saturated rings. The van der Waals surface area contributed by atoms with E-state index in [1.54, 1.807) is 0 Å². The van der Waals surface area contributed by atoms with Gasteiger partial charge >= 0.3 is 0 Å². The summed E-state index contributed by atoms with van der Waals surface area (Å²) in [6.45, 7) is 7.85. The second-order valence-electron chi connectivity index (χ2n) is 7.90. The Morgan fingerprint density at radius 1 is 1.14 bits per heavy atom. The van der Waals surface area contributed by atoms with Gasteiger partial charge in [-0.2, -0.15) is 5.10 Å². The number of thiazole rings is 1. The van der Waals surface area contributed by atoms with Crippen molar-refractivity contribution in [3.8, 4) is 0 Å². The van der Waals surface area contributed by atoms with Gasteiger partial charge in [-0.15, -0.1) is 11.3 Å². The molecule has 0 unspecified atom stereocenters. The van der Waals surface area contributed by atoms with Crippen LogP contribution in [-0.2, 0) is 17.8 Å². The normalized spacial score (nSPS) is 19.4. The number of carbonyl (C=O) groups excluding carboxylic acids is 1. The van der Waals surface area contributed by atoms with Crippen LogP contribution in [0.25, 0.3) is 10.2 Å². The van der Waals surface area contributed by atoms with Gasteiger partial charge in [0.15, 0.2) is 5.52 Å². The predicted molar refractivity (Wildman–Crippen MR) is 111 cm³/mol. The molecule has 2 aromatic heterocycles. The van der Waals surface area contributed by atoms with Gasteiger partial charge in [0.25, 0.3) is 5.56 Å². The summed E-state index contributed by atoms with van der Waals surface area (Å²) in [5.74, 6) is -0.0172. The molecule has 0 atom stereocenters. The van der Waals surface area contributed by atoms with E-state index in [4.69, 9.17) is 0 Å². The van der Waals surface area contributed by atoms with Crippen molar-refractivity contribution in [2.24, 2.45) is 0 Å². The zero-order valence-electron chi connectivity index (χ0n) is 16.8. The first kappa shape index (κ1) is 19.5. The SMILES string of the molecule is CCc1nc2c(=O)n(CC(=O)N3CCC(N4CCCCC4)CC3)nc(C)c2s1. The quantitative estimate of drug-likeness (QED) is 0.783. The smallest absolute Gasteiger partial charge is 0.294 e. The summed E-state index contributed by atoms with van der Waals surface area (Å²) < 4.78 is 2.14. The first-order valence-corrected chi connectivity index (χ1v) is 11.3. The van der Waals surface area contributed by atoms with Crippen molar-refractivity contribution in [2.45, 2.75) is 65.0 Å². The molecule has 2 aliphatic heterocycles. The lowest BCUT2D eigenvalue weighted by Crippen LogP contribution is -2.49. The minimum atomic E-state index is -0.256. The summed E-state index contributed by atoms with van der Waals surface area (Å²) in [7, 11) is 0. The predicted octanol–water partition coefficient (Wildman–Crippen LogP) is 2.20. The molecule has 7 nitrogen and oxygen atoms in total. The molecular formula is C20H29N5O2S. The van der Waals surface area contributed by atoms with Gasteiger partial charge in [-0.3, -0.25) is 9.59 Å². The lowest BCUT2D eigenvalue weighted by atomic mass is 10.00. The molecule has 0 spiro atoms. The van der Waals surface area contributed by atoms with Crippen molar-refractivity contribution in [3.63, 3.8) is 0 Å². The molecular weight excluding hydrogens is 374 g/mol.